The minimum absolute atomic E-state index is 0.0263. The van der Waals surface area contributed by atoms with E-state index in [4.69, 9.17) is 0 Å². The number of sulfonamides is 1. The monoisotopic (exact) mass is 330 g/mol. The molecule has 0 spiro atoms. The van der Waals surface area contributed by atoms with Gasteiger partial charge in [0.25, 0.3) is 0 Å². The summed E-state index contributed by atoms with van der Waals surface area (Å²) >= 11 is 0. The highest BCUT2D eigenvalue weighted by molar-refractivity contribution is 7.89. The molecule has 5 nitrogen and oxygen atoms in total. The Labute approximate surface area is 135 Å². The summed E-state index contributed by atoms with van der Waals surface area (Å²) in [5.74, 6) is -0.0263. The molecule has 0 unspecified atom stereocenters. The molecule has 0 aliphatic carbocycles. The van der Waals surface area contributed by atoms with Crippen LogP contribution < -0.4 is 10.0 Å². The van der Waals surface area contributed by atoms with Gasteiger partial charge in [-0.15, -0.1) is 0 Å². The molecule has 1 aliphatic rings. The summed E-state index contributed by atoms with van der Waals surface area (Å²) in [7, 11) is -3.58. The van der Waals surface area contributed by atoms with E-state index in [0.717, 1.165) is 17.5 Å². The second-order valence-electron chi connectivity index (χ2n) is 5.53. The highest BCUT2D eigenvalue weighted by atomic mass is 32.2. The maximum absolute atomic E-state index is 12.4. The summed E-state index contributed by atoms with van der Waals surface area (Å²) in [6, 6.07) is 14.2. The number of rotatable bonds is 4. The fraction of sp³-hybridized carbons (Fsp3) is 0.235. The van der Waals surface area contributed by atoms with Gasteiger partial charge in [0.1, 0.15) is 0 Å². The van der Waals surface area contributed by atoms with Gasteiger partial charge in [0, 0.05) is 18.7 Å². The molecule has 0 bridgehead atoms. The number of aryl methyl sites for hydroxylation is 1. The van der Waals surface area contributed by atoms with E-state index in [-0.39, 0.29) is 17.3 Å². The minimum atomic E-state index is -3.58. The van der Waals surface area contributed by atoms with Gasteiger partial charge in [0.05, 0.1) is 4.90 Å². The third-order valence-electron chi connectivity index (χ3n) is 3.82. The first-order valence-electron chi connectivity index (χ1n) is 7.51. The van der Waals surface area contributed by atoms with Crippen molar-refractivity contribution in [3.05, 3.63) is 59.7 Å². The molecule has 0 atom stereocenters. The van der Waals surface area contributed by atoms with E-state index in [0.29, 0.717) is 18.5 Å². The number of fused-ring (bicyclic) bond motifs is 1. The van der Waals surface area contributed by atoms with Crippen LogP contribution in [0.3, 0.4) is 0 Å². The van der Waals surface area contributed by atoms with Gasteiger partial charge < -0.3 is 5.32 Å². The maximum Gasteiger partial charge on any atom is 0.240 e. The highest BCUT2D eigenvalue weighted by Crippen LogP contribution is 2.25. The van der Waals surface area contributed by atoms with Crippen LogP contribution in [-0.2, 0) is 27.8 Å². The third-order valence-corrected chi connectivity index (χ3v) is 5.22. The quantitative estimate of drug-likeness (QED) is 0.904. The average molecular weight is 330 g/mol. The zero-order chi connectivity index (χ0) is 16.3. The van der Waals surface area contributed by atoms with E-state index in [1.807, 2.05) is 30.3 Å². The first-order chi connectivity index (χ1) is 11.0. The Morgan fingerprint density at radius 3 is 2.61 bits per heavy atom. The van der Waals surface area contributed by atoms with E-state index in [1.54, 1.807) is 12.1 Å². The molecule has 0 radical (unpaired) electrons. The van der Waals surface area contributed by atoms with Crippen LogP contribution in [0.5, 0.6) is 0 Å². The first-order valence-corrected chi connectivity index (χ1v) is 8.99. The average Bonchev–Trinajstić information content (AvgIpc) is 2.74. The molecule has 6 heteroatoms. The number of hydrogen-bond donors (Lipinski definition) is 2. The second-order valence-corrected chi connectivity index (χ2v) is 7.30. The van der Waals surface area contributed by atoms with Crippen molar-refractivity contribution in [2.24, 2.45) is 0 Å². The molecular weight excluding hydrogens is 312 g/mol. The minimum Gasteiger partial charge on any atom is -0.326 e. The van der Waals surface area contributed by atoms with Gasteiger partial charge >= 0.3 is 0 Å². The van der Waals surface area contributed by atoms with Gasteiger partial charge in [-0.05, 0) is 42.2 Å². The molecule has 1 amide bonds. The summed E-state index contributed by atoms with van der Waals surface area (Å²) in [4.78, 5) is 11.8. The molecule has 120 valence electrons. The number of carbonyl (C=O) groups is 1. The topological polar surface area (TPSA) is 75.3 Å². The number of nitrogens with one attached hydrogen (secondary N) is 2. The number of anilines is 1. The van der Waals surface area contributed by atoms with Crippen LogP contribution >= 0.6 is 0 Å². The van der Waals surface area contributed by atoms with Crippen LogP contribution in [0.2, 0.25) is 0 Å². The molecule has 3 rings (SSSR count). The summed E-state index contributed by atoms with van der Waals surface area (Å²) in [6.45, 7) is 0.247. The molecule has 0 saturated heterocycles. The summed E-state index contributed by atoms with van der Waals surface area (Å²) < 4.78 is 27.5. The second kappa shape index (κ2) is 6.52. The Morgan fingerprint density at radius 1 is 1.04 bits per heavy atom. The predicted molar refractivity (Wildman–Crippen MR) is 88.5 cm³/mol. The Balaban J connectivity index is 1.80. The van der Waals surface area contributed by atoms with Gasteiger partial charge in [0.2, 0.25) is 15.9 Å². The molecule has 0 saturated carbocycles. The summed E-state index contributed by atoms with van der Waals surface area (Å²) in [5.41, 5.74) is 2.46. The van der Waals surface area contributed by atoms with Gasteiger partial charge in [-0.3, -0.25) is 4.79 Å². The largest absolute Gasteiger partial charge is 0.326 e. The zero-order valence-electron chi connectivity index (χ0n) is 12.6. The van der Waals surface area contributed by atoms with E-state index in [1.165, 1.54) is 6.07 Å². The van der Waals surface area contributed by atoms with Crippen molar-refractivity contribution in [3.63, 3.8) is 0 Å². The normalized spacial score (nSPS) is 14.7. The Hall–Kier alpha value is -2.18. The van der Waals surface area contributed by atoms with Crippen molar-refractivity contribution in [2.45, 2.75) is 30.7 Å². The van der Waals surface area contributed by atoms with Gasteiger partial charge in [-0.25, -0.2) is 13.1 Å². The van der Waals surface area contributed by atoms with Gasteiger partial charge in [-0.1, -0.05) is 30.3 Å². The third kappa shape index (κ3) is 3.78. The lowest BCUT2D eigenvalue weighted by Gasteiger charge is -2.11. The van der Waals surface area contributed by atoms with E-state index < -0.39 is 10.0 Å². The van der Waals surface area contributed by atoms with Crippen molar-refractivity contribution in [1.82, 2.24) is 4.72 Å². The number of carbonyl (C=O) groups excluding carboxylic acids is 1. The standard InChI is InChI=1S/C17H18N2O3S/c20-17-8-4-7-14-11-15(9-10-16(14)19-17)23(21,22)18-12-13-5-2-1-3-6-13/h1-3,5-6,9-11,18H,4,7-8,12H2,(H,19,20). The first kappa shape index (κ1) is 15.7. The highest BCUT2D eigenvalue weighted by Gasteiger charge is 2.18. The van der Waals surface area contributed by atoms with Crippen molar-refractivity contribution >= 4 is 21.6 Å². The maximum atomic E-state index is 12.4. The van der Waals surface area contributed by atoms with Crippen molar-refractivity contribution < 1.29 is 13.2 Å². The smallest absolute Gasteiger partial charge is 0.240 e. The fourth-order valence-electron chi connectivity index (χ4n) is 2.58. The lowest BCUT2D eigenvalue weighted by atomic mass is 10.1. The molecule has 2 aromatic carbocycles. The van der Waals surface area contributed by atoms with E-state index in [2.05, 4.69) is 10.0 Å². The van der Waals surface area contributed by atoms with E-state index in [9.17, 15) is 13.2 Å². The number of hydrogen-bond acceptors (Lipinski definition) is 3. The SMILES string of the molecule is O=C1CCCc2cc(S(=O)(=O)NCc3ccccc3)ccc2N1. The lowest BCUT2D eigenvalue weighted by Crippen LogP contribution is -2.23. The molecule has 23 heavy (non-hydrogen) atoms. The molecule has 2 N–H and O–H groups in total. The van der Waals surface area contributed by atoms with Gasteiger partial charge in [-0.2, -0.15) is 0 Å². The van der Waals surface area contributed by atoms with Crippen molar-refractivity contribution in [3.8, 4) is 0 Å². The predicted octanol–water partition coefficient (Wildman–Crippen LogP) is 2.44. The summed E-state index contributed by atoms with van der Waals surface area (Å²) in [6.07, 6.45) is 1.87. The molecular formula is C17H18N2O3S. The number of amides is 1. The Morgan fingerprint density at radius 2 is 1.83 bits per heavy atom. The van der Waals surface area contributed by atoms with Crippen LogP contribution in [0.4, 0.5) is 5.69 Å². The lowest BCUT2D eigenvalue weighted by molar-refractivity contribution is -0.116. The van der Waals surface area contributed by atoms with Crippen LogP contribution in [0.15, 0.2) is 53.4 Å². The van der Waals surface area contributed by atoms with Crippen LogP contribution in [0.1, 0.15) is 24.0 Å². The molecule has 1 aliphatic heterocycles. The van der Waals surface area contributed by atoms with Crippen molar-refractivity contribution in [1.29, 1.82) is 0 Å². The van der Waals surface area contributed by atoms with Crippen LogP contribution in [0.25, 0.3) is 0 Å². The van der Waals surface area contributed by atoms with Gasteiger partial charge in [0.15, 0.2) is 0 Å². The number of benzene rings is 2. The molecule has 1 heterocycles. The Bertz CT molecular complexity index is 817. The molecule has 0 fully saturated rings. The Kier molecular flexibility index (Phi) is 4.45. The fourth-order valence-corrected chi connectivity index (χ4v) is 3.64. The van der Waals surface area contributed by atoms with E-state index >= 15 is 0 Å². The zero-order valence-corrected chi connectivity index (χ0v) is 13.4. The van der Waals surface area contributed by atoms with Crippen LogP contribution in [-0.4, -0.2) is 14.3 Å². The summed E-state index contributed by atoms with van der Waals surface area (Å²) in [5, 5.41) is 2.80. The van der Waals surface area contributed by atoms with Crippen LogP contribution in [0, 0.1) is 0 Å². The molecule has 0 aromatic heterocycles. The molecule has 2 aromatic rings. The van der Waals surface area contributed by atoms with Crippen molar-refractivity contribution in [2.75, 3.05) is 5.32 Å².